The molecule has 0 aliphatic heterocycles. The minimum Gasteiger partial charge on any atom is -0.211 e. The summed E-state index contributed by atoms with van der Waals surface area (Å²) in [6.45, 7) is 0. The van der Waals surface area contributed by atoms with Gasteiger partial charge < -0.3 is 0 Å². The summed E-state index contributed by atoms with van der Waals surface area (Å²) in [5.74, 6) is 0. The molecule has 0 saturated heterocycles. The maximum Gasteiger partial charge on any atom is 0.263 e. The number of isocyanates is 1. The van der Waals surface area contributed by atoms with E-state index >= 15 is 0 Å². The normalized spacial score (nSPS) is 17.0. The summed E-state index contributed by atoms with van der Waals surface area (Å²) in [6.07, 6.45) is 0.365. The van der Waals surface area contributed by atoms with Crippen LogP contribution < -0.4 is 0 Å². The quantitative estimate of drug-likeness (QED) is 0.589. The second-order valence-electron chi connectivity index (χ2n) is 3.77. The van der Waals surface area contributed by atoms with E-state index in [1.165, 1.54) is 24.3 Å². The molecular formula is C11H8ClF2NO. The van der Waals surface area contributed by atoms with Gasteiger partial charge in [-0.15, -0.1) is 0 Å². The van der Waals surface area contributed by atoms with Crippen LogP contribution in [-0.4, -0.2) is 6.08 Å². The highest BCUT2D eigenvalue weighted by atomic mass is 35.5. The van der Waals surface area contributed by atoms with E-state index in [-0.39, 0.29) is 10.6 Å². The van der Waals surface area contributed by atoms with E-state index in [0.29, 0.717) is 18.4 Å². The molecule has 5 heteroatoms. The molecule has 0 atom stereocenters. The summed E-state index contributed by atoms with van der Waals surface area (Å²) in [4.78, 5) is 14.0. The van der Waals surface area contributed by atoms with Gasteiger partial charge in [0, 0.05) is 10.6 Å². The first-order valence-electron chi connectivity index (χ1n) is 4.76. The Morgan fingerprint density at radius 1 is 1.44 bits per heavy atom. The van der Waals surface area contributed by atoms with E-state index in [4.69, 9.17) is 11.6 Å². The van der Waals surface area contributed by atoms with Crippen molar-refractivity contribution in [1.29, 1.82) is 0 Å². The number of nitrogens with zero attached hydrogens (tertiary/aromatic N) is 1. The van der Waals surface area contributed by atoms with Crippen LogP contribution in [0.4, 0.5) is 8.78 Å². The molecule has 0 radical (unpaired) electrons. The van der Waals surface area contributed by atoms with Gasteiger partial charge in [-0.1, -0.05) is 23.7 Å². The smallest absolute Gasteiger partial charge is 0.211 e. The van der Waals surface area contributed by atoms with Gasteiger partial charge in [-0.05, 0) is 24.5 Å². The second-order valence-corrected chi connectivity index (χ2v) is 4.18. The topological polar surface area (TPSA) is 29.4 Å². The van der Waals surface area contributed by atoms with Crippen molar-refractivity contribution in [3.05, 3.63) is 34.3 Å². The Labute approximate surface area is 95.9 Å². The summed E-state index contributed by atoms with van der Waals surface area (Å²) in [5, 5.41) is 0.231. The lowest BCUT2D eigenvalue weighted by molar-refractivity contribution is 0.151. The van der Waals surface area contributed by atoms with Crippen LogP contribution in [0.3, 0.4) is 0 Å². The minimum absolute atomic E-state index is 0.125. The predicted octanol–water partition coefficient (Wildman–Crippen LogP) is 3.60. The number of halogens is 3. The van der Waals surface area contributed by atoms with Gasteiger partial charge in [0.1, 0.15) is 0 Å². The SMILES string of the molecule is O=C=NC1(c2ccc(C(F)F)cc2Cl)CC1. The van der Waals surface area contributed by atoms with Gasteiger partial charge in [-0.3, -0.25) is 0 Å². The van der Waals surface area contributed by atoms with Gasteiger partial charge in [-0.25, -0.2) is 13.6 Å². The molecule has 16 heavy (non-hydrogen) atoms. The lowest BCUT2D eigenvalue weighted by Crippen LogP contribution is -2.03. The Morgan fingerprint density at radius 3 is 2.56 bits per heavy atom. The molecule has 0 spiro atoms. The molecule has 1 aromatic rings. The highest BCUT2D eigenvalue weighted by Crippen LogP contribution is 2.51. The third kappa shape index (κ3) is 1.86. The molecule has 2 rings (SSSR count). The molecule has 0 aromatic heterocycles. The van der Waals surface area contributed by atoms with Crippen molar-refractivity contribution < 1.29 is 13.6 Å². The third-order valence-electron chi connectivity index (χ3n) is 2.73. The van der Waals surface area contributed by atoms with Crippen molar-refractivity contribution in [1.82, 2.24) is 0 Å². The summed E-state index contributed by atoms with van der Waals surface area (Å²) in [6, 6.07) is 4.05. The standard InChI is InChI=1S/C11H8ClF2NO/c12-9-5-7(10(13)14)1-2-8(9)11(3-4-11)15-6-16/h1-2,5,10H,3-4H2. The van der Waals surface area contributed by atoms with E-state index in [1.807, 2.05) is 0 Å². The number of aliphatic imine (C=N–C) groups is 1. The van der Waals surface area contributed by atoms with Crippen LogP contribution in [0, 0.1) is 0 Å². The first-order valence-corrected chi connectivity index (χ1v) is 5.14. The lowest BCUT2D eigenvalue weighted by atomic mass is 10.0. The van der Waals surface area contributed by atoms with Gasteiger partial charge in [0.05, 0.1) is 5.54 Å². The van der Waals surface area contributed by atoms with Gasteiger partial charge in [0.25, 0.3) is 6.43 Å². The molecule has 0 amide bonds. The van der Waals surface area contributed by atoms with E-state index < -0.39 is 12.0 Å². The zero-order valence-electron chi connectivity index (χ0n) is 8.21. The van der Waals surface area contributed by atoms with E-state index in [0.717, 1.165) is 0 Å². The van der Waals surface area contributed by atoms with Crippen LogP contribution in [0.5, 0.6) is 0 Å². The van der Waals surface area contributed by atoms with Crippen LogP contribution in [-0.2, 0) is 10.3 Å². The first kappa shape index (κ1) is 11.2. The van der Waals surface area contributed by atoms with Crippen molar-refractivity contribution in [3.8, 4) is 0 Å². The Balaban J connectivity index is 2.40. The summed E-state index contributed by atoms with van der Waals surface area (Å²) in [7, 11) is 0. The molecule has 1 aromatic carbocycles. The van der Waals surface area contributed by atoms with Gasteiger partial charge in [0.15, 0.2) is 0 Å². The number of hydrogen-bond donors (Lipinski definition) is 0. The van der Waals surface area contributed by atoms with Gasteiger partial charge in [0.2, 0.25) is 6.08 Å². The average molecular weight is 244 g/mol. The molecule has 2 nitrogen and oxygen atoms in total. The fourth-order valence-electron chi connectivity index (χ4n) is 1.69. The van der Waals surface area contributed by atoms with Gasteiger partial charge in [-0.2, -0.15) is 4.99 Å². The average Bonchev–Trinajstić information content (AvgIpc) is 2.99. The lowest BCUT2D eigenvalue weighted by Gasteiger charge is -2.11. The van der Waals surface area contributed by atoms with Crippen molar-refractivity contribution in [2.24, 2.45) is 4.99 Å². The highest BCUT2D eigenvalue weighted by Gasteiger charge is 2.46. The van der Waals surface area contributed by atoms with Crippen LogP contribution in [0.1, 0.15) is 30.4 Å². The zero-order chi connectivity index (χ0) is 11.8. The molecule has 0 unspecified atom stereocenters. The number of carbonyl (C=O) groups excluding carboxylic acids is 1. The number of benzene rings is 1. The van der Waals surface area contributed by atoms with Gasteiger partial charge >= 0.3 is 0 Å². The number of hydrogen-bond acceptors (Lipinski definition) is 2. The van der Waals surface area contributed by atoms with Crippen molar-refractivity contribution >= 4 is 17.7 Å². The number of alkyl halides is 2. The molecule has 0 N–H and O–H groups in total. The second kappa shape index (κ2) is 3.96. The van der Waals surface area contributed by atoms with E-state index in [9.17, 15) is 13.6 Å². The molecule has 0 bridgehead atoms. The zero-order valence-corrected chi connectivity index (χ0v) is 8.97. The van der Waals surface area contributed by atoms with E-state index in [1.54, 1.807) is 0 Å². The molecule has 1 fully saturated rings. The fraction of sp³-hybridized carbons (Fsp3) is 0.364. The largest absolute Gasteiger partial charge is 0.263 e. The van der Waals surface area contributed by atoms with Crippen LogP contribution >= 0.6 is 11.6 Å². The van der Waals surface area contributed by atoms with Crippen LogP contribution in [0.2, 0.25) is 5.02 Å². The Bertz CT molecular complexity index is 465. The van der Waals surface area contributed by atoms with Crippen LogP contribution in [0.15, 0.2) is 23.2 Å². The molecule has 1 aliphatic rings. The summed E-state index contributed by atoms with van der Waals surface area (Å²) < 4.78 is 24.8. The molecule has 84 valence electrons. The molecule has 1 aliphatic carbocycles. The number of rotatable bonds is 3. The Morgan fingerprint density at radius 2 is 2.12 bits per heavy atom. The van der Waals surface area contributed by atoms with E-state index in [2.05, 4.69) is 4.99 Å². The highest BCUT2D eigenvalue weighted by molar-refractivity contribution is 6.31. The monoisotopic (exact) mass is 243 g/mol. The van der Waals surface area contributed by atoms with Crippen molar-refractivity contribution in [2.75, 3.05) is 0 Å². The third-order valence-corrected chi connectivity index (χ3v) is 3.04. The maximum atomic E-state index is 12.4. The van der Waals surface area contributed by atoms with Crippen molar-refractivity contribution in [2.45, 2.75) is 24.8 Å². The Hall–Kier alpha value is -1.25. The maximum absolute atomic E-state index is 12.4. The summed E-state index contributed by atoms with van der Waals surface area (Å²) in [5.41, 5.74) is -0.110. The van der Waals surface area contributed by atoms with Crippen LogP contribution in [0.25, 0.3) is 0 Å². The predicted molar refractivity (Wildman–Crippen MR) is 55.4 cm³/mol. The minimum atomic E-state index is -2.55. The molecular weight excluding hydrogens is 236 g/mol. The summed E-state index contributed by atoms with van der Waals surface area (Å²) >= 11 is 5.91. The molecule has 1 saturated carbocycles. The van der Waals surface area contributed by atoms with Crippen molar-refractivity contribution in [3.63, 3.8) is 0 Å². The Kier molecular flexibility index (Phi) is 2.78. The fourth-order valence-corrected chi connectivity index (χ4v) is 2.06. The molecule has 0 heterocycles. The first-order chi connectivity index (χ1) is 7.59.